The largest absolute Gasteiger partial charge is 0.544 e. The second kappa shape index (κ2) is 7.57. The maximum Gasteiger partial charge on any atom is 0.245 e. The minimum Gasteiger partial charge on any atom is -0.544 e. The first kappa shape index (κ1) is 21.2. The molecule has 1 N–H and O–H groups in total. The third-order valence-corrected chi connectivity index (χ3v) is 11.1. The summed E-state index contributed by atoms with van der Waals surface area (Å²) in [6.45, 7) is 13.3. The second-order valence-electron chi connectivity index (χ2n) is 10.9. The molecule has 0 unspecified atom stereocenters. The summed E-state index contributed by atoms with van der Waals surface area (Å²) in [5.41, 5.74) is 2.42. The van der Waals surface area contributed by atoms with Gasteiger partial charge in [-0.15, -0.1) is 6.58 Å². The third-order valence-electron chi connectivity index (χ3n) is 8.78. The molecule has 3 heteroatoms. The van der Waals surface area contributed by atoms with Gasteiger partial charge in [-0.1, -0.05) is 38.8 Å². The van der Waals surface area contributed by atoms with Crippen LogP contribution in [0.2, 0.25) is 19.1 Å². The van der Waals surface area contributed by atoms with Crippen molar-refractivity contribution in [2.24, 2.45) is 17.3 Å². The van der Waals surface area contributed by atoms with Crippen LogP contribution in [0.1, 0.15) is 75.8 Å². The van der Waals surface area contributed by atoms with Gasteiger partial charge >= 0.3 is 0 Å². The monoisotopic (exact) mass is 412 g/mol. The number of hydrogen-bond acceptors (Lipinski definition) is 2. The summed E-state index contributed by atoms with van der Waals surface area (Å²) in [5, 5.41) is 11.2. The van der Waals surface area contributed by atoms with Gasteiger partial charge in [0.15, 0.2) is 0 Å². The van der Waals surface area contributed by atoms with Crippen LogP contribution >= 0.6 is 0 Å². The minimum atomic E-state index is -1.63. The number of benzene rings is 1. The van der Waals surface area contributed by atoms with E-state index in [2.05, 4.69) is 51.7 Å². The molecule has 4 rings (SSSR count). The predicted molar refractivity (Wildman–Crippen MR) is 124 cm³/mol. The Balaban J connectivity index is 1.54. The Morgan fingerprint density at radius 3 is 2.76 bits per heavy atom. The quantitative estimate of drug-likeness (QED) is 0.409. The Hall–Kier alpha value is -1.06. The first-order valence-electron chi connectivity index (χ1n) is 11.9. The van der Waals surface area contributed by atoms with Gasteiger partial charge in [0.1, 0.15) is 5.75 Å². The zero-order valence-corrected chi connectivity index (χ0v) is 20.0. The molecule has 2 fully saturated rings. The van der Waals surface area contributed by atoms with Gasteiger partial charge in [-0.2, -0.15) is 0 Å². The van der Waals surface area contributed by atoms with Crippen LogP contribution in [0.3, 0.4) is 0 Å². The van der Waals surface area contributed by atoms with E-state index in [1.807, 2.05) is 6.08 Å². The molecule has 5 atom stereocenters. The lowest BCUT2D eigenvalue weighted by Gasteiger charge is -2.52. The van der Waals surface area contributed by atoms with E-state index in [1.165, 1.54) is 37.3 Å². The Morgan fingerprint density at radius 2 is 2.03 bits per heavy atom. The number of aliphatic hydroxyl groups is 1. The summed E-state index contributed by atoms with van der Waals surface area (Å²) in [7, 11) is -1.63. The van der Waals surface area contributed by atoms with Crippen LogP contribution in [0, 0.1) is 17.3 Å². The lowest BCUT2D eigenvalue weighted by atomic mass is 9.53. The van der Waals surface area contributed by atoms with E-state index in [9.17, 15) is 5.11 Å². The topological polar surface area (TPSA) is 29.5 Å². The molecular weight excluding hydrogens is 372 g/mol. The molecule has 0 saturated heterocycles. The molecule has 0 heterocycles. The van der Waals surface area contributed by atoms with Crippen molar-refractivity contribution in [3.05, 3.63) is 42.0 Å². The van der Waals surface area contributed by atoms with Crippen molar-refractivity contribution in [3.63, 3.8) is 0 Å². The fraction of sp³-hybridized carbons (Fsp3) is 0.692. The van der Waals surface area contributed by atoms with Gasteiger partial charge in [0, 0.05) is 5.41 Å². The van der Waals surface area contributed by atoms with Crippen molar-refractivity contribution in [2.45, 2.75) is 95.9 Å². The lowest BCUT2D eigenvalue weighted by molar-refractivity contribution is -0.0707. The van der Waals surface area contributed by atoms with Crippen molar-refractivity contribution in [2.75, 3.05) is 0 Å². The molecule has 160 valence electrons. The Morgan fingerprint density at radius 1 is 1.24 bits per heavy atom. The molecule has 0 bridgehead atoms. The van der Waals surface area contributed by atoms with Crippen LogP contribution in [0.4, 0.5) is 0 Å². The van der Waals surface area contributed by atoms with Crippen LogP contribution in [-0.4, -0.2) is 19.0 Å². The van der Waals surface area contributed by atoms with Gasteiger partial charge < -0.3 is 9.53 Å². The van der Waals surface area contributed by atoms with Crippen LogP contribution in [0.25, 0.3) is 0 Å². The molecular formula is C26H40O2Si. The summed E-state index contributed by atoms with van der Waals surface area (Å²) in [6.07, 6.45) is 11.1. The van der Waals surface area contributed by atoms with Crippen LogP contribution in [-0.2, 0) is 6.42 Å². The van der Waals surface area contributed by atoms with Gasteiger partial charge in [0.05, 0.1) is 5.60 Å². The van der Waals surface area contributed by atoms with E-state index in [1.54, 1.807) is 5.56 Å². The predicted octanol–water partition coefficient (Wildman–Crippen LogP) is 6.84. The zero-order chi connectivity index (χ0) is 20.9. The van der Waals surface area contributed by atoms with Crippen LogP contribution in [0.5, 0.6) is 5.75 Å². The van der Waals surface area contributed by atoms with E-state index in [4.69, 9.17) is 4.43 Å². The average molecular weight is 413 g/mol. The number of unbranched alkanes of at least 4 members (excludes halogenated alkanes) is 1. The highest BCUT2D eigenvalue weighted by molar-refractivity contribution is 6.71. The highest BCUT2D eigenvalue weighted by Gasteiger charge is 2.60. The standard InChI is InChI=1S/C26H40O2Si/c1-6-8-17-29(4,5)28-20-10-12-21-19(18-20)9-11-23-22(21)13-15-25(3)24(23)14-16-26(25,27)7-2/h7,10,12,18,22-24,27H,2,6,8-9,11,13-17H2,1,3-5H3/t22-,23-,24-,25+,26+/m1/s1. The fourth-order valence-electron chi connectivity index (χ4n) is 6.98. The van der Waals surface area contributed by atoms with E-state index < -0.39 is 13.9 Å². The highest BCUT2D eigenvalue weighted by Crippen LogP contribution is 2.64. The third kappa shape index (κ3) is 3.52. The van der Waals surface area contributed by atoms with Crippen LogP contribution < -0.4 is 4.43 Å². The van der Waals surface area contributed by atoms with E-state index in [0.29, 0.717) is 17.8 Å². The van der Waals surface area contributed by atoms with E-state index >= 15 is 0 Å². The molecule has 0 aliphatic heterocycles. The van der Waals surface area contributed by atoms with Gasteiger partial charge in [0.2, 0.25) is 8.32 Å². The van der Waals surface area contributed by atoms with Crippen molar-refractivity contribution in [1.29, 1.82) is 0 Å². The van der Waals surface area contributed by atoms with Gasteiger partial charge in [-0.25, -0.2) is 0 Å². The van der Waals surface area contributed by atoms with Crippen molar-refractivity contribution in [3.8, 4) is 5.75 Å². The number of hydrogen-bond donors (Lipinski definition) is 1. The minimum absolute atomic E-state index is 0.00533. The number of fused-ring (bicyclic) bond motifs is 5. The fourth-order valence-corrected chi connectivity index (χ4v) is 9.05. The Bertz CT molecular complexity index is 772. The summed E-state index contributed by atoms with van der Waals surface area (Å²) < 4.78 is 6.53. The molecule has 29 heavy (non-hydrogen) atoms. The van der Waals surface area contributed by atoms with E-state index in [0.717, 1.165) is 31.4 Å². The summed E-state index contributed by atoms with van der Waals surface area (Å²) in [6, 6.07) is 8.21. The molecule has 2 nitrogen and oxygen atoms in total. The zero-order valence-electron chi connectivity index (χ0n) is 19.0. The maximum absolute atomic E-state index is 11.2. The molecule has 2 saturated carbocycles. The molecule has 0 spiro atoms. The van der Waals surface area contributed by atoms with Crippen LogP contribution in [0.15, 0.2) is 30.9 Å². The Labute approximate surface area is 178 Å². The average Bonchev–Trinajstić information content (AvgIpc) is 2.97. The molecule has 0 aromatic heterocycles. The van der Waals surface area contributed by atoms with Gasteiger partial charge in [-0.05, 0) is 98.7 Å². The van der Waals surface area contributed by atoms with Crippen molar-refractivity contribution >= 4 is 8.32 Å². The summed E-state index contributed by atoms with van der Waals surface area (Å²) in [5.74, 6) is 3.08. The molecule has 3 aliphatic carbocycles. The maximum atomic E-state index is 11.2. The SMILES string of the molecule is C=C[C@]1(O)CC[C@@H]2[C@@H]3CCc4cc(O[Si](C)(C)CCCC)ccc4[C@H]3CC[C@@]21C. The first-order valence-corrected chi connectivity index (χ1v) is 15.0. The number of aryl methyl sites for hydroxylation is 1. The van der Waals surface area contributed by atoms with Crippen molar-refractivity contribution < 1.29 is 9.53 Å². The first-order chi connectivity index (χ1) is 13.7. The summed E-state index contributed by atoms with van der Waals surface area (Å²) in [4.78, 5) is 0. The van der Waals surface area contributed by atoms with Gasteiger partial charge in [-0.3, -0.25) is 0 Å². The van der Waals surface area contributed by atoms with Crippen molar-refractivity contribution in [1.82, 2.24) is 0 Å². The number of rotatable bonds is 6. The highest BCUT2D eigenvalue weighted by atomic mass is 28.4. The molecule has 3 aliphatic rings. The smallest absolute Gasteiger partial charge is 0.245 e. The molecule has 0 amide bonds. The second-order valence-corrected chi connectivity index (χ2v) is 15.1. The van der Waals surface area contributed by atoms with Gasteiger partial charge in [0.25, 0.3) is 0 Å². The van der Waals surface area contributed by atoms with E-state index in [-0.39, 0.29) is 5.41 Å². The summed E-state index contributed by atoms with van der Waals surface area (Å²) >= 11 is 0. The molecule has 1 aromatic carbocycles. The molecule has 1 aromatic rings. The normalized spacial score (nSPS) is 36.1. The lowest BCUT2D eigenvalue weighted by Crippen LogP contribution is -2.49. The Kier molecular flexibility index (Phi) is 5.53. The molecule has 0 radical (unpaired) electrons.